The molecule has 0 aromatic heterocycles. The minimum atomic E-state index is -0.630. The zero-order chi connectivity index (χ0) is 20.9. The molecule has 2 saturated heterocycles. The molecule has 0 bridgehead atoms. The van der Waals surface area contributed by atoms with Gasteiger partial charge < -0.3 is 10.1 Å². The quantitative estimate of drug-likeness (QED) is 0.736. The molecule has 2 atom stereocenters. The molecule has 2 aliphatic rings. The Kier molecular flexibility index (Phi) is 5.30. The van der Waals surface area contributed by atoms with Crippen molar-refractivity contribution in [1.29, 1.82) is 0 Å². The third-order valence-electron chi connectivity index (χ3n) is 5.66. The second-order valence-corrected chi connectivity index (χ2v) is 10.6. The average molecular weight is 403 g/mol. The summed E-state index contributed by atoms with van der Waals surface area (Å²) in [6.45, 7) is 16.4. The van der Waals surface area contributed by atoms with E-state index in [0.717, 1.165) is 17.0 Å². The maximum absolute atomic E-state index is 12.8. The fourth-order valence-corrected chi connectivity index (χ4v) is 4.99. The van der Waals surface area contributed by atoms with E-state index in [4.69, 9.17) is 4.74 Å². The van der Waals surface area contributed by atoms with Gasteiger partial charge in [0.2, 0.25) is 5.91 Å². The van der Waals surface area contributed by atoms with Crippen molar-refractivity contribution >= 4 is 23.6 Å². The van der Waals surface area contributed by atoms with Crippen LogP contribution in [0.3, 0.4) is 0 Å². The molecule has 2 heterocycles. The van der Waals surface area contributed by atoms with Crippen molar-refractivity contribution in [2.24, 2.45) is 5.41 Å². The van der Waals surface area contributed by atoms with Gasteiger partial charge in [0.25, 0.3) is 5.91 Å². The average Bonchev–Trinajstić information content (AvgIpc) is 2.81. The smallest absolute Gasteiger partial charge is 0.253 e. The van der Waals surface area contributed by atoms with E-state index < -0.39 is 11.5 Å². The molecule has 0 saturated carbocycles. The molecule has 2 amide bonds. The van der Waals surface area contributed by atoms with E-state index in [1.165, 1.54) is 5.56 Å². The molecule has 0 unspecified atom stereocenters. The molecular weight excluding hydrogens is 372 g/mol. The highest BCUT2D eigenvalue weighted by atomic mass is 32.2. The lowest BCUT2D eigenvalue weighted by Gasteiger charge is -2.43. The maximum Gasteiger partial charge on any atom is 0.253 e. The summed E-state index contributed by atoms with van der Waals surface area (Å²) in [7, 11) is 0. The second-order valence-electron chi connectivity index (χ2n) is 8.88. The number of nitrogens with one attached hydrogen (secondary N) is 1. The van der Waals surface area contributed by atoms with Gasteiger partial charge in [0.1, 0.15) is 17.2 Å². The summed E-state index contributed by atoms with van der Waals surface area (Å²) < 4.78 is 5.70. The number of hydrogen-bond acceptors (Lipinski definition) is 4. The number of nitrogens with zero attached hydrogens (tertiary/aromatic N) is 1. The van der Waals surface area contributed by atoms with Crippen LogP contribution < -0.4 is 10.1 Å². The molecule has 2 fully saturated rings. The van der Waals surface area contributed by atoms with Crippen LogP contribution in [0.25, 0.3) is 0 Å². The van der Waals surface area contributed by atoms with Gasteiger partial charge in [0.15, 0.2) is 0 Å². The first-order valence-corrected chi connectivity index (χ1v) is 10.5. The summed E-state index contributed by atoms with van der Waals surface area (Å²) in [6.07, 6.45) is 0.562. The van der Waals surface area contributed by atoms with Crippen LogP contribution in [0.5, 0.6) is 5.75 Å². The summed E-state index contributed by atoms with van der Waals surface area (Å²) >= 11 is 1.67. The number of rotatable bonds is 6. The summed E-state index contributed by atoms with van der Waals surface area (Å²) in [4.78, 5) is 27.0. The molecule has 0 spiro atoms. The zero-order valence-electron chi connectivity index (χ0n) is 17.6. The third-order valence-corrected chi connectivity index (χ3v) is 7.21. The number of amides is 2. The maximum atomic E-state index is 12.8. The van der Waals surface area contributed by atoms with Crippen molar-refractivity contribution in [3.63, 3.8) is 0 Å². The Hall–Kier alpha value is -1.95. The van der Waals surface area contributed by atoms with Crippen LogP contribution in [-0.4, -0.2) is 39.5 Å². The molecule has 2 aliphatic heterocycles. The summed E-state index contributed by atoms with van der Waals surface area (Å²) in [6, 6.07) is 5.58. The fraction of sp³-hybridized carbons (Fsp3) is 0.545. The Morgan fingerprint density at radius 2 is 2.04 bits per heavy atom. The number of ether oxygens (including phenoxy) is 1. The number of fused-ring (bicyclic) bond motifs is 1. The number of carbonyl (C=O) groups excluding carboxylic acids is 2. The lowest BCUT2D eigenvalue weighted by Crippen LogP contribution is -2.67. The molecule has 1 aromatic carbocycles. The van der Waals surface area contributed by atoms with Crippen molar-refractivity contribution < 1.29 is 14.3 Å². The molecule has 0 radical (unpaired) electrons. The van der Waals surface area contributed by atoms with Gasteiger partial charge in [-0.3, -0.25) is 14.5 Å². The van der Waals surface area contributed by atoms with Gasteiger partial charge in [-0.05, 0) is 45.7 Å². The summed E-state index contributed by atoms with van der Waals surface area (Å²) in [5.41, 5.74) is 2.47. The van der Waals surface area contributed by atoms with Crippen LogP contribution in [0.15, 0.2) is 30.5 Å². The van der Waals surface area contributed by atoms with Crippen molar-refractivity contribution in [3.8, 4) is 5.75 Å². The van der Waals surface area contributed by atoms with E-state index in [-0.39, 0.29) is 21.9 Å². The summed E-state index contributed by atoms with van der Waals surface area (Å²) in [5, 5.41) is 2.90. The number of hydrogen-bond donors (Lipinski definition) is 1. The molecule has 28 heavy (non-hydrogen) atoms. The number of benzene rings is 1. The SMILES string of the molecule is C=C1N2C(=O)[C@@H](NC(=O)C(C)(C)CCOc3ccc(C)cc3C)[C@H]2SC1(C)C. The molecule has 3 rings (SSSR count). The van der Waals surface area contributed by atoms with E-state index in [0.29, 0.717) is 13.0 Å². The van der Waals surface area contributed by atoms with Crippen molar-refractivity contribution in [2.45, 2.75) is 64.1 Å². The number of β-lactam (4-membered cyclic amide) rings is 1. The Morgan fingerprint density at radius 1 is 1.36 bits per heavy atom. The van der Waals surface area contributed by atoms with Gasteiger partial charge in [0.05, 0.1) is 11.4 Å². The minimum absolute atomic E-state index is 0.0544. The van der Waals surface area contributed by atoms with E-state index in [1.54, 1.807) is 16.7 Å². The third kappa shape index (κ3) is 3.66. The number of thioether (sulfide) groups is 1. The van der Waals surface area contributed by atoms with E-state index >= 15 is 0 Å². The van der Waals surface area contributed by atoms with Gasteiger partial charge in [0, 0.05) is 11.1 Å². The predicted molar refractivity (Wildman–Crippen MR) is 113 cm³/mol. The van der Waals surface area contributed by atoms with E-state index in [2.05, 4.69) is 31.8 Å². The Balaban J connectivity index is 1.55. The summed E-state index contributed by atoms with van der Waals surface area (Å²) in [5.74, 6) is 0.657. The highest BCUT2D eigenvalue weighted by Crippen LogP contribution is 2.52. The lowest BCUT2D eigenvalue weighted by atomic mass is 9.87. The van der Waals surface area contributed by atoms with Gasteiger partial charge in [-0.25, -0.2) is 0 Å². The second kappa shape index (κ2) is 7.14. The van der Waals surface area contributed by atoms with E-state index in [1.807, 2.05) is 39.8 Å². The lowest BCUT2D eigenvalue weighted by molar-refractivity contribution is -0.147. The van der Waals surface area contributed by atoms with Gasteiger partial charge in [-0.1, -0.05) is 38.1 Å². The van der Waals surface area contributed by atoms with Crippen molar-refractivity contribution in [2.75, 3.05) is 6.61 Å². The molecule has 0 aliphatic carbocycles. The molecule has 1 N–H and O–H groups in total. The van der Waals surface area contributed by atoms with Gasteiger partial charge >= 0.3 is 0 Å². The highest BCUT2D eigenvalue weighted by molar-refractivity contribution is 8.01. The van der Waals surface area contributed by atoms with E-state index in [9.17, 15) is 9.59 Å². The monoisotopic (exact) mass is 402 g/mol. The molecule has 6 heteroatoms. The first-order chi connectivity index (χ1) is 12.9. The molecule has 152 valence electrons. The molecule has 1 aromatic rings. The predicted octanol–water partition coefficient (Wildman–Crippen LogP) is 3.79. The van der Waals surface area contributed by atoms with Crippen LogP contribution in [0, 0.1) is 19.3 Å². The van der Waals surface area contributed by atoms with Crippen LogP contribution in [0.1, 0.15) is 45.2 Å². The Bertz CT molecular complexity index is 831. The van der Waals surface area contributed by atoms with Crippen molar-refractivity contribution in [1.82, 2.24) is 10.2 Å². The first kappa shape index (κ1) is 20.8. The van der Waals surface area contributed by atoms with Crippen LogP contribution in [0.2, 0.25) is 0 Å². The fourth-order valence-electron chi connectivity index (χ4n) is 3.49. The van der Waals surface area contributed by atoms with Crippen LogP contribution >= 0.6 is 11.8 Å². The number of aryl methyl sites for hydroxylation is 2. The Morgan fingerprint density at radius 3 is 2.68 bits per heavy atom. The van der Waals surface area contributed by atoms with Crippen LogP contribution in [-0.2, 0) is 9.59 Å². The number of carbonyl (C=O) groups is 2. The van der Waals surface area contributed by atoms with Crippen molar-refractivity contribution in [3.05, 3.63) is 41.6 Å². The standard InChI is InChI=1S/C22H30N2O3S/c1-13-8-9-16(14(2)12-13)27-11-10-21(4,5)20(26)23-17-18(25)24-15(3)22(6,7)28-19(17)24/h8-9,12,17,19H,3,10-11H2,1-2,4-7H3,(H,23,26)/t17-,19-/m1/s1. The molecule has 5 nitrogen and oxygen atoms in total. The Labute approximate surface area is 171 Å². The first-order valence-electron chi connectivity index (χ1n) is 9.65. The topological polar surface area (TPSA) is 58.6 Å². The normalized spacial score (nSPS) is 23.3. The zero-order valence-corrected chi connectivity index (χ0v) is 18.4. The molecular formula is C22H30N2O3S. The minimum Gasteiger partial charge on any atom is -0.493 e. The van der Waals surface area contributed by atoms with Gasteiger partial charge in [-0.15, -0.1) is 11.8 Å². The van der Waals surface area contributed by atoms with Crippen LogP contribution in [0.4, 0.5) is 0 Å². The largest absolute Gasteiger partial charge is 0.493 e. The van der Waals surface area contributed by atoms with Gasteiger partial charge in [-0.2, -0.15) is 0 Å². The highest BCUT2D eigenvalue weighted by Gasteiger charge is 2.59.